The highest BCUT2D eigenvalue weighted by Gasteiger charge is 2.12. The molecule has 3 heterocycles. The Morgan fingerprint density at radius 2 is 1.97 bits per heavy atom. The van der Waals surface area contributed by atoms with Crippen LogP contribution < -0.4 is 15.0 Å². The first-order valence-electron chi connectivity index (χ1n) is 10.5. The maximum absolute atomic E-state index is 12.6. The Balaban J connectivity index is 1.59. The van der Waals surface area contributed by atoms with Crippen molar-refractivity contribution in [1.29, 1.82) is 0 Å². The van der Waals surface area contributed by atoms with Crippen LogP contribution in [0.2, 0.25) is 0 Å². The molecule has 4 rings (SSSR count). The van der Waals surface area contributed by atoms with Crippen LogP contribution in [-0.2, 0) is 12.8 Å². The van der Waals surface area contributed by atoms with Gasteiger partial charge in [0.1, 0.15) is 11.6 Å². The van der Waals surface area contributed by atoms with E-state index in [1.54, 1.807) is 19.2 Å². The Bertz CT molecular complexity index is 1240. The quantitative estimate of drug-likeness (QED) is 0.467. The number of methoxy groups -OCH3 is 1. The molecule has 0 aliphatic carbocycles. The van der Waals surface area contributed by atoms with E-state index in [0.717, 1.165) is 24.2 Å². The lowest BCUT2D eigenvalue weighted by atomic mass is 10.1. The van der Waals surface area contributed by atoms with E-state index in [0.29, 0.717) is 41.3 Å². The van der Waals surface area contributed by atoms with E-state index in [1.807, 2.05) is 36.0 Å². The Morgan fingerprint density at radius 1 is 1.10 bits per heavy atom. The first-order chi connectivity index (χ1) is 15.1. The number of pyridine rings is 1. The number of fused-ring (bicyclic) bond motifs is 1. The maximum atomic E-state index is 12.6. The van der Waals surface area contributed by atoms with Gasteiger partial charge in [0, 0.05) is 31.1 Å². The van der Waals surface area contributed by atoms with E-state index in [9.17, 15) is 4.79 Å². The first-order valence-corrected chi connectivity index (χ1v) is 10.5. The van der Waals surface area contributed by atoms with E-state index >= 15 is 0 Å². The third kappa shape index (κ3) is 4.45. The van der Waals surface area contributed by atoms with Crippen molar-refractivity contribution in [2.45, 2.75) is 33.1 Å². The zero-order valence-electron chi connectivity index (χ0n) is 18.0. The molecule has 0 saturated carbocycles. The smallest absolute Gasteiger partial charge is 0.258 e. The number of hydrogen-bond donors (Lipinski definition) is 1. The predicted molar refractivity (Wildman–Crippen MR) is 120 cm³/mol. The second-order valence-electron chi connectivity index (χ2n) is 7.34. The van der Waals surface area contributed by atoms with Crippen molar-refractivity contribution in [3.8, 4) is 17.3 Å². The second-order valence-corrected chi connectivity index (χ2v) is 7.34. The van der Waals surface area contributed by atoms with Crippen molar-refractivity contribution >= 4 is 10.9 Å². The van der Waals surface area contributed by atoms with Crippen molar-refractivity contribution in [2.75, 3.05) is 13.7 Å². The minimum atomic E-state index is -0.205. The zero-order valence-corrected chi connectivity index (χ0v) is 18.0. The van der Waals surface area contributed by atoms with E-state index < -0.39 is 0 Å². The number of rotatable bonds is 8. The minimum absolute atomic E-state index is 0.205. The van der Waals surface area contributed by atoms with E-state index in [1.165, 1.54) is 5.56 Å². The average Bonchev–Trinajstić information content (AvgIpc) is 3.23. The molecule has 0 aliphatic heterocycles. The summed E-state index contributed by atoms with van der Waals surface area (Å²) < 4.78 is 13.0. The summed E-state index contributed by atoms with van der Waals surface area (Å²) in [6, 6.07) is 9.51. The number of hydrogen-bond acceptors (Lipinski definition) is 5. The molecule has 0 unspecified atom stereocenters. The highest BCUT2D eigenvalue weighted by Crippen LogP contribution is 2.30. The van der Waals surface area contributed by atoms with Crippen molar-refractivity contribution in [2.24, 2.45) is 0 Å². The minimum Gasteiger partial charge on any atom is -0.493 e. The summed E-state index contributed by atoms with van der Waals surface area (Å²) in [6.45, 7) is 4.54. The van der Waals surface area contributed by atoms with E-state index in [2.05, 4.69) is 34.1 Å². The summed E-state index contributed by atoms with van der Waals surface area (Å²) in [5.74, 6) is 2.52. The molecule has 4 aromatic rings. The van der Waals surface area contributed by atoms with Crippen molar-refractivity contribution < 1.29 is 9.47 Å². The fraction of sp³-hybridized carbons (Fsp3) is 0.292. The topological polar surface area (TPSA) is 82.0 Å². The number of aryl methyl sites for hydroxylation is 1. The van der Waals surface area contributed by atoms with E-state index in [4.69, 9.17) is 9.47 Å². The predicted octanol–water partition coefficient (Wildman–Crippen LogP) is 4.06. The van der Waals surface area contributed by atoms with Gasteiger partial charge in [-0.15, -0.1) is 0 Å². The number of benzene rings is 1. The molecule has 0 fully saturated rings. The highest BCUT2D eigenvalue weighted by atomic mass is 16.5. The zero-order chi connectivity index (χ0) is 21.8. The summed E-state index contributed by atoms with van der Waals surface area (Å²) in [7, 11) is 1.57. The highest BCUT2D eigenvalue weighted by molar-refractivity contribution is 5.81. The van der Waals surface area contributed by atoms with Gasteiger partial charge in [-0.1, -0.05) is 19.4 Å². The number of ether oxygens (including phenoxy) is 2. The first kappa shape index (κ1) is 20.7. The van der Waals surface area contributed by atoms with Crippen LogP contribution in [0.1, 0.15) is 37.2 Å². The van der Waals surface area contributed by atoms with Crippen LogP contribution in [0, 0.1) is 0 Å². The second kappa shape index (κ2) is 9.04. The van der Waals surface area contributed by atoms with Gasteiger partial charge in [0.2, 0.25) is 0 Å². The lowest BCUT2D eigenvalue weighted by Crippen LogP contribution is -2.13. The van der Waals surface area contributed by atoms with Crippen LogP contribution in [0.5, 0.6) is 11.5 Å². The molecule has 0 radical (unpaired) electrons. The fourth-order valence-corrected chi connectivity index (χ4v) is 3.59. The van der Waals surface area contributed by atoms with Gasteiger partial charge >= 0.3 is 0 Å². The van der Waals surface area contributed by atoms with Crippen LogP contribution in [0.3, 0.4) is 0 Å². The molecule has 0 atom stereocenters. The Kier molecular flexibility index (Phi) is 6.02. The normalized spacial score (nSPS) is 11.1. The molecular formula is C24H26N4O3. The number of aromatic nitrogens is 4. The number of aromatic amines is 1. The van der Waals surface area contributed by atoms with Gasteiger partial charge in [-0.2, -0.15) is 0 Å². The van der Waals surface area contributed by atoms with Crippen LogP contribution in [0.25, 0.3) is 16.7 Å². The van der Waals surface area contributed by atoms with Gasteiger partial charge in [-0.3, -0.25) is 4.79 Å². The molecule has 0 amide bonds. The molecule has 0 spiro atoms. The third-order valence-electron chi connectivity index (χ3n) is 5.08. The summed E-state index contributed by atoms with van der Waals surface area (Å²) in [5.41, 5.74) is 2.63. The number of nitrogens with zero attached hydrogens (tertiary/aromatic N) is 3. The number of H-pyrrole nitrogens is 1. The molecule has 3 aromatic heterocycles. The molecule has 0 aliphatic rings. The standard InChI is InChI=1S/C24H26N4O3/c1-4-6-16-9-10-28(15-16)23-8-7-17(14-25-23)11-22-26-19-13-20(30-3)21(31-5-2)12-18(19)24(29)27-22/h7-10,12-15H,4-6,11H2,1-3H3,(H,26,27,29). The summed E-state index contributed by atoms with van der Waals surface area (Å²) in [4.78, 5) is 24.7. The lowest BCUT2D eigenvalue weighted by Gasteiger charge is -2.11. The largest absolute Gasteiger partial charge is 0.493 e. The Morgan fingerprint density at radius 3 is 2.68 bits per heavy atom. The van der Waals surface area contributed by atoms with Crippen LogP contribution >= 0.6 is 0 Å². The van der Waals surface area contributed by atoms with Crippen LogP contribution in [0.4, 0.5) is 0 Å². The monoisotopic (exact) mass is 418 g/mol. The van der Waals surface area contributed by atoms with Gasteiger partial charge in [0.25, 0.3) is 5.56 Å². The van der Waals surface area contributed by atoms with Gasteiger partial charge in [0.05, 0.1) is 24.6 Å². The van der Waals surface area contributed by atoms with Crippen molar-refractivity contribution in [3.05, 3.63) is 76.2 Å². The van der Waals surface area contributed by atoms with Gasteiger partial charge in [-0.25, -0.2) is 9.97 Å². The molecule has 7 nitrogen and oxygen atoms in total. The molecular weight excluding hydrogens is 392 g/mol. The van der Waals surface area contributed by atoms with Crippen molar-refractivity contribution in [3.63, 3.8) is 0 Å². The molecule has 160 valence electrons. The van der Waals surface area contributed by atoms with Crippen LogP contribution in [-0.4, -0.2) is 33.2 Å². The Labute approximate surface area is 180 Å². The van der Waals surface area contributed by atoms with Gasteiger partial charge in [0.15, 0.2) is 11.5 Å². The van der Waals surface area contributed by atoms with E-state index in [-0.39, 0.29) is 5.56 Å². The molecule has 7 heteroatoms. The lowest BCUT2D eigenvalue weighted by molar-refractivity contribution is 0.311. The third-order valence-corrected chi connectivity index (χ3v) is 5.08. The molecule has 1 N–H and O–H groups in total. The van der Waals surface area contributed by atoms with Crippen LogP contribution in [0.15, 0.2) is 53.7 Å². The fourth-order valence-electron chi connectivity index (χ4n) is 3.59. The maximum Gasteiger partial charge on any atom is 0.258 e. The summed E-state index contributed by atoms with van der Waals surface area (Å²) >= 11 is 0. The van der Waals surface area contributed by atoms with Gasteiger partial charge in [-0.05, 0) is 42.7 Å². The molecule has 1 aromatic carbocycles. The SMILES string of the molecule is CCCc1ccn(-c2ccc(Cc3nc4cc(OC)c(OCC)cc4c(=O)[nH]3)cn2)c1. The van der Waals surface area contributed by atoms with Crippen molar-refractivity contribution in [1.82, 2.24) is 19.5 Å². The average molecular weight is 418 g/mol. The summed E-state index contributed by atoms with van der Waals surface area (Å²) in [5, 5.41) is 0.469. The number of nitrogens with one attached hydrogen (secondary N) is 1. The molecule has 0 bridgehead atoms. The van der Waals surface area contributed by atoms with Gasteiger partial charge < -0.3 is 19.0 Å². The molecule has 31 heavy (non-hydrogen) atoms. The molecule has 0 saturated heterocycles. The summed E-state index contributed by atoms with van der Waals surface area (Å²) in [6.07, 6.45) is 8.60. The Hall–Kier alpha value is -3.61.